The van der Waals surface area contributed by atoms with E-state index in [-0.39, 0.29) is 17.7 Å². The minimum atomic E-state index is -0.447. The van der Waals surface area contributed by atoms with E-state index in [0.717, 1.165) is 12.8 Å². The van der Waals surface area contributed by atoms with Crippen LogP contribution in [0.25, 0.3) is 0 Å². The molecule has 2 N–H and O–H groups in total. The third-order valence-corrected chi connectivity index (χ3v) is 3.20. The molecule has 17 heavy (non-hydrogen) atoms. The van der Waals surface area contributed by atoms with E-state index in [0.29, 0.717) is 12.6 Å². The number of likely N-dealkylation sites (N-methyl/N-ethyl adjacent to an activating group) is 1. The number of rotatable bonds is 3. The molecule has 1 rings (SSSR count). The first-order chi connectivity index (χ1) is 7.91. The van der Waals surface area contributed by atoms with E-state index in [4.69, 9.17) is 0 Å². The van der Waals surface area contributed by atoms with Gasteiger partial charge in [-0.05, 0) is 26.7 Å². The summed E-state index contributed by atoms with van der Waals surface area (Å²) in [6, 6.07) is 0.0386. The zero-order valence-corrected chi connectivity index (χ0v) is 11.1. The highest BCUT2D eigenvalue weighted by Gasteiger charge is 2.26. The van der Waals surface area contributed by atoms with Gasteiger partial charge in [0.15, 0.2) is 0 Å². The monoisotopic (exact) mass is 241 g/mol. The van der Waals surface area contributed by atoms with Crippen LogP contribution in [-0.4, -0.2) is 49.4 Å². The second-order valence-corrected chi connectivity index (χ2v) is 5.05. The van der Waals surface area contributed by atoms with Crippen LogP contribution >= 0.6 is 0 Å². The topological polar surface area (TPSA) is 61.4 Å². The second-order valence-electron chi connectivity index (χ2n) is 5.05. The molecule has 5 nitrogen and oxygen atoms in total. The van der Waals surface area contributed by atoms with Crippen molar-refractivity contribution in [1.82, 2.24) is 15.5 Å². The van der Waals surface area contributed by atoms with Gasteiger partial charge in [-0.25, -0.2) is 0 Å². The number of hydrogen-bond acceptors (Lipinski definition) is 3. The molecular formula is C12H23N3O2. The lowest BCUT2D eigenvalue weighted by atomic mass is 9.94. The average molecular weight is 241 g/mol. The first-order valence-corrected chi connectivity index (χ1v) is 6.16. The van der Waals surface area contributed by atoms with E-state index in [2.05, 4.69) is 17.6 Å². The predicted molar refractivity (Wildman–Crippen MR) is 66.5 cm³/mol. The minimum Gasteiger partial charge on any atom is -0.347 e. The van der Waals surface area contributed by atoms with Crippen molar-refractivity contribution in [1.29, 1.82) is 0 Å². The summed E-state index contributed by atoms with van der Waals surface area (Å²) >= 11 is 0. The Labute approximate surface area is 103 Å². The lowest BCUT2D eigenvalue weighted by molar-refractivity contribution is -0.135. The van der Waals surface area contributed by atoms with Gasteiger partial charge in [0, 0.05) is 26.7 Å². The highest BCUT2D eigenvalue weighted by Crippen LogP contribution is 2.14. The third kappa shape index (κ3) is 4.00. The molecule has 0 aromatic rings. The summed E-state index contributed by atoms with van der Waals surface area (Å²) in [5.74, 6) is -0.105. The fraction of sp³-hybridized carbons (Fsp3) is 0.833. The van der Waals surface area contributed by atoms with Crippen LogP contribution in [0.3, 0.4) is 0 Å². The predicted octanol–water partition coefficient (Wildman–Crippen LogP) is -0.0326. The van der Waals surface area contributed by atoms with Gasteiger partial charge in [-0.3, -0.25) is 9.59 Å². The van der Waals surface area contributed by atoms with E-state index in [1.165, 1.54) is 4.90 Å². The Kier molecular flexibility index (Phi) is 4.93. The molecule has 98 valence electrons. The first kappa shape index (κ1) is 14.0. The molecule has 1 saturated heterocycles. The molecular weight excluding hydrogens is 218 g/mol. The average Bonchev–Trinajstić information content (AvgIpc) is 2.28. The molecule has 2 amide bonds. The Morgan fingerprint density at radius 2 is 2.00 bits per heavy atom. The SMILES string of the molecule is CC1CCC(C(=O)NC(C)C(=O)N(C)C)CN1. The summed E-state index contributed by atoms with van der Waals surface area (Å²) < 4.78 is 0. The Balaban J connectivity index is 2.41. The van der Waals surface area contributed by atoms with Gasteiger partial charge >= 0.3 is 0 Å². The van der Waals surface area contributed by atoms with Crippen LogP contribution in [0.2, 0.25) is 0 Å². The molecule has 0 spiro atoms. The fourth-order valence-electron chi connectivity index (χ4n) is 2.00. The molecule has 1 heterocycles. The Morgan fingerprint density at radius 3 is 2.47 bits per heavy atom. The molecule has 1 aliphatic heterocycles. The highest BCUT2D eigenvalue weighted by molar-refractivity contribution is 5.88. The number of amides is 2. The summed E-state index contributed by atoms with van der Waals surface area (Å²) in [5.41, 5.74) is 0. The summed E-state index contributed by atoms with van der Waals surface area (Å²) in [6.45, 7) is 4.54. The van der Waals surface area contributed by atoms with Crippen molar-refractivity contribution < 1.29 is 9.59 Å². The number of nitrogens with zero attached hydrogens (tertiary/aromatic N) is 1. The van der Waals surface area contributed by atoms with Crippen molar-refractivity contribution in [3.05, 3.63) is 0 Å². The molecule has 0 aromatic carbocycles. The van der Waals surface area contributed by atoms with E-state index < -0.39 is 6.04 Å². The van der Waals surface area contributed by atoms with Gasteiger partial charge in [0.25, 0.3) is 0 Å². The lowest BCUT2D eigenvalue weighted by Crippen LogP contribution is -2.50. The van der Waals surface area contributed by atoms with Crippen molar-refractivity contribution in [2.24, 2.45) is 5.92 Å². The van der Waals surface area contributed by atoms with Crippen LogP contribution in [-0.2, 0) is 9.59 Å². The molecule has 1 aliphatic rings. The van der Waals surface area contributed by atoms with E-state index in [1.807, 2.05) is 0 Å². The van der Waals surface area contributed by atoms with Crippen LogP contribution in [0.1, 0.15) is 26.7 Å². The van der Waals surface area contributed by atoms with E-state index >= 15 is 0 Å². The number of hydrogen-bond donors (Lipinski definition) is 2. The molecule has 1 fully saturated rings. The molecule has 0 bridgehead atoms. The molecule has 3 unspecified atom stereocenters. The molecule has 3 atom stereocenters. The van der Waals surface area contributed by atoms with Gasteiger partial charge in [-0.15, -0.1) is 0 Å². The third-order valence-electron chi connectivity index (χ3n) is 3.20. The number of carbonyl (C=O) groups excluding carboxylic acids is 2. The zero-order valence-electron chi connectivity index (χ0n) is 11.1. The van der Waals surface area contributed by atoms with Crippen LogP contribution in [0.15, 0.2) is 0 Å². The van der Waals surface area contributed by atoms with Crippen molar-refractivity contribution >= 4 is 11.8 Å². The van der Waals surface area contributed by atoms with Crippen molar-refractivity contribution in [2.75, 3.05) is 20.6 Å². The number of piperidine rings is 1. The Bertz CT molecular complexity index is 283. The van der Waals surface area contributed by atoms with Crippen molar-refractivity contribution in [2.45, 2.75) is 38.8 Å². The van der Waals surface area contributed by atoms with Gasteiger partial charge < -0.3 is 15.5 Å². The zero-order chi connectivity index (χ0) is 13.0. The highest BCUT2D eigenvalue weighted by atomic mass is 16.2. The number of carbonyl (C=O) groups is 2. The Hall–Kier alpha value is -1.10. The van der Waals surface area contributed by atoms with Gasteiger partial charge in [0.05, 0.1) is 5.92 Å². The summed E-state index contributed by atoms with van der Waals surface area (Å²) in [6.07, 6.45) is 1.90. The lowest BCUT2D eigenvalue weighted by Gasteiger charge is -2.28. The maximum absolute atomic E-state index is 11.9. The van der Waals surface area contributed by atoms with Crippen LogP contribution in [0.5, 0.6) is 0 Å². The van der Waals surface area contributed by atoms with E-state index in [9.17, 15) is 9.59 Å². The largest absolute Gasteiger partial charge is 0.347 e. The maximum atomic E-state index is 11.9. The standard InChI is InChI=1S/C12H23N3O2/c1-8-5-6-10(7-13-8)11(16)14-9(2)12(17)15(3)4/h8-10,13H,5-7H2,1-4H3,(H,14,16). The smallest absolute Gasteiger partial charge is 0.244 e. The van der Waals surface area contributed by atoms with Crippen LogP contribution in [0, 0.1) is 5.92 Å². The van der Waals surface area contributed by atoms with Crippen LogP contribution < -0.4 is 10.6 Å². The summed E-state index contributed by atoms with van der Waals surface area (Å²) in [7, 11) is 3.38. The molecule has 5 heteroatoms. The second kappa shape index (κ2) is 6.00. The fourth-order valence-corrected chi connectivity index (χ4v) is 2.00. The first-order valence-electron chi connectivity index (χ1n) is 6.16. The quantitative estimate of drug-likeness (QED) is 0.729. The normalized spacial score (nSPS) is 26.1. The molecule has 0 radical (unpaired) electrons. The maximum Gasteiger partial charge on any atom is 0.244 e. The van der Waals surface area contributed by atoms with Crippen molar-refractivity contribution in [3.8, 4) is 0 Å². The molecule has 0 saturated carbocycles. The van der Waals surface area contributed by atoms with Gasteiger partial charge in [-0.2, -0.15) is 0 Å². The Morgan fingerprint density at radius 1 is 1.35 bits per heavy atom. The minimum absolute atomic E-state index is 0.0105. The van der Waals surface area contributed by atoms with Crippen molar-refractivity contribution in [3.63, 3.8) is 0 Å². The summed E-state index contributed by atoms with van der Waals surface area (Å²) in [5, 5.41) is 6.06. The van der Waals surface area contributed by atoms with Crippen LogP contribution in [0.4, 0.5) is 0 Å². The van der Waals surface area contributed by atoms with Gasteiger partial charge in [0.1, 0.15) is 6.04 Å². The number of nitrogens with one attached hydrogen (secondary N) is 2. The van der Waals surface area contributed by atoms with E-state index in [1.54, 1.807) is 21.0 Å². The van der Waals surface area contributed by atoms with Gasteiger partial charge in [0.2, 0.25) is 11.8 Å². The molecule has 0 aromatic heterocycles. The molecule has 0 aliphatic carbocycles. The summed E-state index contributed by atoms with van der Waals surface area (Å²) in [4.78, 5) is 25.0. The van der Waals surface area contributed by atoms with Gasteiger partial charge in [-0.1, -0.05) is 0 Å².